The highest BCUT2D eigenvalue weighted by Crippen LogP contribution is 2.38. The van der Waals surface area contributed by atoms with E-state index >= 15 is 0 Å². The third-order valence-corrected chi connectivity index (χ3v) is 3.64. The quantitative estimate of drug-likeness (QED) is 0.548. The minimum Gasteiger partial charge on any atom is -0.459 e. The first-order valence-corrected chi connectivity index (χ1v) is 5.77. The molecule has 1 saturated carbocycles. The molecule has 0 N–H and O–H groups in total. The molecule has 1 rings (SSSR count). The number of hydrogen-bond donors (Lipinski definition) is 0. The summed E-state index contributed by atoms with van der Waals surface area (Å²) < 4.78 is 10.9. The molecule has 1 unspecified atom stereocenters. The van der Waals surface area contributed by atoms with E-state index in [9.17, 15) is 4.79 Å². The maximum absolute atomic E-state index is 11.1. The van der Waals surface area contributed by atoms with Crippen LogP contribution in [0.3, 0.4) is 0 Å². The Morgan fingerprint density at radius 1 is 1.44 bits per heavy atom. The van der Waals surface area contributed by atoms with Gasteiger partial charge in [0.15, 0.2) is 0 Å². The predicted octanol–water partition coefficient (Wildman–Crippen LogP) is 2.70. The van der Waals surface area contributed by atoms with Crippen molar-refractivity contribution in [2.75, 3.05) is 7.11 Å². The van der Waals surface area contributed by atoms with E-state index in [1.165, 1.54) is 6.92 Å². The topological polar surface area (TPSA) is 35.5 Å². The first-order valence-electron chi connectivity index (χ1n) is 5.77. The fourth-order valence-electron chi connectivity index (χ4n) is 2.30. The molecule has 92 valence electrons. The van der Waals surface area contributed by atoms with Gasteiger partial charge in [-0.3, -0.25) is 4.79 Å². The van der Waals surface area contributed by atoms with Crippen LogP contribution in [-0.4, -0.2) is 24.8 Å². The maximum atomic E-state index is 11.1. The van der Waals surface area contributed by atoms with E-state index in [4.69, 9.17) is 9.47 Å². The normalized spacial score (nSPS) is 34.5. The third-order valence-electron chi connectivity index (χ3n) is 3.64. The molecular formula is C13H22O3. The Hall–Kier alpha value is -0.830. The molecule has 0 aromatic heterocycles. The Balaban J connectivity index is 2.77. The van der Waals surface area contributed by atoms with Gasteiger partial charge in [0.2, 0.25) is 0 Å². The molecule has 16 heavy (non-hydrogen) atoms. The van der Waals surface area contributed by atoms with Gasteiger partial charge in [0, 0.05) is 14.0 Å². The van der Waals surface area contributed by atoms with Crippen molar-refractivity contribution in [2.45, 2.75) is 51.7 Å². The van der Waals surface area contributed by atoms with Crippen LogP contribution in [0.4, 0.5) is 0 Å². The monoisotopic (exact) mass is 226 g/mol. The molecular weight excluding hydrogens is 204 g/mol. The Morgan fingerprint density at radius 2 is 2.06 bits per heavy atom. The highest BCUT2D eigenvalue weighted by atomic mass is 16.6. The summed E-state index contributed by atoms with van der Waals surface area (Å²) in [5.74, 6) is 0.197. The summed E-state index contributed by atoms with van der Waals surface area (Å²) in [5.41, 5.74) is 0.813. The maximum Gasteiger partial charge on any atom is 0.303 e. The molecule has 1 aliphatic rings. The van der Waals surface area contributed by atoms with E-state index in [0.29, 0.717) is 5.92 Å². The number of allylic oxidation sites excluding steroid dienone is 1. The smallest absolute Gasteiger partial charge is 0.303 e. The zero-order valence-corrected chi connectivity index (χ0v) is 10.7. The molecule has 0 spiro atoms. The van der Waals surface area contributed by atoms with Crippen molar-refractivity contribution in [3.8, 4) is 0 Å². The average Bonchev–Trinajstić information content (AvgIpc) is 2.20. The number of methoxy groups -OCH3 is 1. The lowest BCUT2D eigenvalue weighted by Crippen LogP contribution is -2.48. The number of rotatable bonds is 3. The first-order chi connectivity index (χ1) is 7.39. The van der Waals surface area contributed by atoms with Crippen LogP contribution in [0.5, 0.6) is 0 Å². The van der Waals surface area contributed by atoms with Crippen LogP contribution in [0.1, 0.15) is 40.0 Å². The zero-order chi connectivity index (χ0) is 12.3. The average molecular weight is 226 g/mol. The van der Waals surface area contributed by atoms with Crippen LogP contribution in [0.15, 0.2) is 12.2 Å². The molecule has 1 fully saturated rings. The molecule has 0 radical (unpaired) electrons. The van der Waals surface area contributed by atoms with Gasteiger partial charge in [0.25, 0.3) is 0 Å². The summed E-state index contributed by atoms with van der Waals surface area (Å²) in [6.45, 7) is 9.47. The van der Waals surface area contributed by atoms with E-state index in [2.05, 4.69) is 6.58 Å². The summed E-state index contributed by atoms with van der Waals surface area (Å²) in [7, 11) is 1.68. The Morgan fingerprint density at radius 3 is 2.50 bits per heavy atom. The van der Waals surface area contributed by atoms with Crippen LogP contribution in [-0.2, 0) is 14.3 Å². The number of esters is 1. The molecule has 0 aliphatic heterocycles. The van der Waals surface area contributed by atoms with Gasteiger partial charge < -0.3 is 9.47 Å². The van der Waals surface area contributed by atoms with Crippen molar-refractivity contribution in [2.24, 2.45) is 5.92 Å². The van der Waals surface area contributed by atoms with Crippen LogP contribution in [0.2, 0.25) is 0 Å². The van der Waals surface area contributed by atoms with Gasteiger partial charge in [-0.25, -0.2) is 0 Å². The highest BCUT2D eigenvalue weighted by Gasteiger charge is 2.42. The number of hydrogen-bond acceptors (Lipinski definition) is 3. The van der Waals surface area contributed by atoms with Crippen molar-refractivity contribution in [1.29, 1.82) is 0 Å². The van der Waals surface area contributed by atoms with Crippen molar-refractivity contribution in [3.63, 3.8) is 0 Å². The lowest BCUT2D eigenvalue weighted by Gasteiger charge is -2.42. The van der Waals surface area contributed by atoms with Crippen LogP contribution >= 0.6 is 0 Å². The standard InChI is InChI=1S/C13H22O3/c1-9(2)11-6-7-13(4,15-5)12(8-11)16-10(3)14/h11-12H,1,6-8H2,2-5H3/t11-,12?,13+/m1/s1. The second-order valence-electron chi connectivity index (χ2n) is 4.93. The Kier molecular flexibility index (Phi) is 4.14. The molecule has 3 atom stereocenters. The summed E-state index contributed by atoms with van der Waals surface area (Å²) in [5, 5.41) is 0. The minimum atomic E-state index is -0.350. The van der Waals surface area contributed by atoms with Gasteiger partial charge in [-0.05, 0) is 39.0 Å². The largest absolute Gasteiger partial charge is 0.459 e. The third kappa shape index (κ3) is 2.85. The van der Waals surface area contributed by atoms with Gasteiger partial charge in [-0.1, -0.05) is 12.2 Å². The molecule has 3 nitrogen and oxygen atoms in total. The molecule has 3 heteroatoms. The fourth-order valence-corrected chi connectivity index (χ4v) is 2.30. The van der Waals surface area contributed by atoms with Gasteiger partial charge >= 0.3 is 5.97 Å². The van der Waals surface area contributed by atoms with Crippen LogP contribution < -0.4 is 0 Å². The van der Waals surface area contributed by atoms with Gasteiger partial charge in [-0.15, -0.1) is 0 Å². The van der Waals surface area contributed by atoms with Crippen molar-refractivity contribution < 1.29 is 14.3 Å². The van der Waals surface area contributed by atoms with E-state index in [-0.39, 0.29) is 17.7 Å². The summed E-state index contributed by atoms with van der Waals surface area (Å²) >= 11 is 0. The number of carbonyl (C=O) groups excluding carboxylic acids is 1. The fraction of sp³-hybridized carbons (Fsp3) is 0.769. The molecule has 0 saturated heterocycles. The lowest BCUT2D eigenvalue weighted by atomic mass is 9.75. The minimum absolute atomic E-state index is 0.162. The first kappa shape index (κ1) is 13.2. The Bertz CT molecular complexity index is 285. The van der Waals surface area contributed by atoms with Crippen LogP contribution in [0, 0.1) is 5.92 Å². The second kappa shape index (κ2) is 5.00. The summed E-state index contributed by atoms with van der Waals surface area (Å²) in [4.78, 5) is 11.1. The van der Waals surface area contributed by atoms with Crippen molar-refractivity contribution in [3.05, 3.63) is 12.2 Å². The number of carbonyl (C=O) groups is 1. The van der Waals surface area contributed by atoms with Crippen LogP contribution in [0.25, 0.3) is 0 Å². The summed E-state index contributed by atoms with van der Waals surface area (Å²) in [6.07, 6.45) is 2.61. The van der Waals surface area contributed by atoms with Crippen molar-refractivity contribution in [1.82, 2.24) is 0 Å². The number of ether oxygens (including phenoxy) is 2. The van der Waals surface area contributed by atoms with Crippen molar-refractivity contribution >= 4 is 5.97 Å². The summed E-state index contributed by atoms with van der Waals surface area (Å²) in [6, 6.07) is 0. The lowest BCUT2D eigenvalue weighted by molar-refractivity contribution is -0.174. The molecule has 0 heterocycles. The van der Waals surface area contributed by atoms with Gasteiger partial charge in [0.1, 0.15) is 11.7 Å². The zero-order valence-electron chi connectivity index (χ0n) is 10.7. The SMILES string of the molecule is C=C(C)[C@@H]1CC[C@](C)(OC)C(OC(C)=O)C1. The highest BCUT2D eigenvalue weighted by molar-refractivity contribution is 5.66. The van der Waals surface area contributed by atoms with Gasteiger partial charge in [-0.2, -0.15) is 0 Å². The predicted molar refractivity (Wildman–Crippen MR) is 63.1 cm³/mol. The van der Waals surface area contributed by atoms with Gasteiger partial charge in [0.05, 0.1) is 0 Å². The Labute approximate surface area is 97.8 Å². The van der Waals surface area contributed by atoms with E-state index in [1.807, 2.05) is 13.8 Å². The molecule has 0 aromatic rings. The second-order valence-corrected chi connectivity index (χ2v) is 4.93. The van der Waals surface area contributed by atoms with E-state index in [1.54, 1.807) is 7.11 Å². The molecule has 0 aromatic carbocycles. The van der Waals surface area contributed by atoms with E-state index in [0.717, 1.165) is 24.8 Å². The molecule has 1 aliphatic carbocycles. The molecule has 0 amide bonds. The molecule has 0 bridgehead atoms. The van der Waals surface area contributed by atoms with E-state index < -0.39 is 0 Å².